The lowest BCUT2D eigenvalue weighted by molar-refractivity contribution is 0.0734. The molecule has 0 N–H and O–H groups in total. The Labute approximate surface area is 126 Å². The summed E-state index contributed by atoms with van der Waals surface area (Å²) in [5.41, 5.74) is 3.99. The van der Waals surface area contributed by atoms with Crippen molar-refractivity contribution in [2.24, 2.45) is 0 Å². The van der Waals surface area contributed by atoms with E-state index >= 15 is 0 Å². The summed E-state index contributed by atoms with van der Waals surface area (Å²) in [5.74, 6) is 0.804. The normalized spacial score (nSPS) is 12.0. The van der Waals surface area contributed by atoms with Crippen LogP contribution in [0.1, 0.15) is 53.2 Å². The van der Waals surface area contributed by atoms with Crippen molar-refractivity contribution in [3.05, 3.63) is 64.7 Å². The van der Waals surface area contributed by atoms with Crippen LogP contribution in [0.2, 0.25) is 0 Å². The third kappa shape index (κ3) is 3.94. The fourth-order valence-electron chi connectivity index (χ4n) is 2.36. The molecule has 2 heteroatoms. The molecule has 2 aromatic carbocycles. The molecular weight excluding hydrogens is 260 g/mol. The first-order valence-electron chi connectivity index (χ1n) is 7.40. The quantitative estimate of drug-likeness (QED) is 0.580. The van der Waals surface area contributed by atoms with Crippen molar-refractivity contribution in [2.75, 3.05) is 0 Å². The van der Waals surface area contributed by atoms with Crippen LogP contribution in [-0.4, -0.2) is 5.97 Å². The summed E-state index contributed by atoms with van der Waals surface area (Å²) in [6, 6.07) is 13.5. The second-order valence-electron chi connectivity index (χ2n) is 5.64. The maximum absolute atomic E-state index is 12.2. The van der Waals surface area contributed by atoms with Crippen molar-refractivity contribution in [3.63, 3.8) is 0 Å². The molecule has 1 atom stereocenters. The van der Waals surface area contributed by atoms with E-state index in [4.69, 9.17) is 4.74 Å². The average molecular weight is 282 g/mol. The number of hydrogen-bond acceptors (Lipinski definition) is 2. The van der Waals surface area contributed by atoms with Gasteiger partial charge in [0.2, 0.25) is 0 Å². The molecule has 0 bridgehead atoms. The predicted octanol–water partition coefficient (Wildman–Crippen LogP) is 5.04. The first-order valence-corrected chi connectivity index (χ1v) is 7.40. The molecule has 0 radical (unpaired) electrons. The van der Waals surface area contributed by atoms with Crippen molar-refractivity contribution < 1.29 is 9.53 Å². The highest BCUT2D eigenvalue weighted by Gasteiger charge is 2.10. The van der Waals surface area contributed by atoms with Crippen molar-refractivity contribution >= 4 is 5.97 Å². The van der Waals surface area contributed by atoms with E-state index in [2.05, 4.69) is 13.8 Å². The Balaban J connectivity index is 2.12. The lowest BCUT2D eigenvalue weighted by Crippen LogP contribution is -2.09. The Bertz CT molecular complexity index is 606. The van der Waals surface area contributed by atoms with Crippen molar-refractivity contribution in [3.8, 4) is 5.75 Å². The molecule has 21 heavy (non-hydrogen) atoms. The number of carbonyl (C=O) groups is 1. The van der Waals surface area contributed by atoms with Crippen LogP contribution in [0, 0.1) is 13.8 Å². The van der Waals surface area contributed by atoms with E-state index < -0.39 is 0 Å². The molecule has 110 valence electrons. The zero-order chi connectivity index (χ0) is 15.4. The van der Waals surface area contributed by atoms with E-state index in [-0.39, 0.29) is 5.97 Å². The van der Waals surface area contributed by atoms with Gasteiger partial charge in [0.05, 0.1) is 5.56 Å². The number of aryl methyl sites for hydroxylation is 2. The van der Waals surface area contributed by atoms with Crippen molar-refractivity contribution in [1.29, 1.82) is 0 Å². The zero-order valence-corrected chi connectivity index (χ0v) is 13.1. The molecule has 0 aromatic heterocycles. The Morgan fingerprint density at radius 1 is 1.05 bits per heavy atom. The van der Waals surface area contributed by atoms with E-state index in [9.17, 15) is 4.79 Å². The molecule has 0 aliphatic carbocycles. The number of hydrogen-bond donors (Lipinski definition) is 0. The Morgan fingerprint density at radius 2 is 1.62 bits per heavy atom. The summed E-state index contributed by atoms with van der Waals surface area (Å²) >= 11 is 0. The molecule has 0 fully saturated rings. The minimum absolute atomic E-state index is 0.307. The van der Waals surface area contributed by atoms with E-state index in [1.54, 1.807) is 0 Å². The lowest BCUT2D eigenvalue weighted by atomic mass is 9.99. The molecule has 0 amide bonds. The van der Waals surface area contributed by atoms with Crippen LogP contribution in [0.3, 0.4) is 0 Å². The number of carbonyl (C=O) groups excluding carboxylic acids is 1. The number of rotatable bonds is 4. The highest BCUT2D eigenvalue weighted by Crippen LogP contribution is 2.22. The summed E-state index contributed by atoms with van der Waals surface area (Å²) in [7, 11) is 0. The van der Waals surface area contributed by atoms with Gasteiger partial charge in [0.1, 0.15) is 5.75 Å². The minimum Gasteiger partial charge on any atom is -0.423 e. The smallest absolute Gasteiger partial charge is 0.343 e. The van der Waals surface area contributed by atoms with Crippen molar-refractivity contribution in [1.82, 2.24) is 0 Å². The third-order valence-corrected chi connectivity index (χ3v) is 3.73. The summed E-state index contributed by atoms with van der Waals surface area (Å²) in [6.45, 7) is 8.31. The zero-order valence-electron chi connectivity index (χ0n) is 13.1. The number of esters is 1. The van der Waals surface area contributed by atoms with Crippen LogP contribution < -0.4 is 4.74 Å². The fraction of sp³-hybridized carbons (Fsp3) is 0.316. The standard InChI is InChI=1S/C19H22O2/c1-5-15(4)16-6-8-18(9-7-16)21-19(20)17-11-13(2)10-14(3)12-17/h6-12,15H,5H2,1-4H3. The summed E-state index contributed by atoms with van der Waals surface area (Å²) < 4.78 is 5.44. The molecule has 0 aliphatic heterocycles. The van der Waals surface area contributed by atoms with Crippen LogP contribution in [0.4, 0.5) is 0 Å². The molecule has 2 aromatic rings. The maximum atomic E-state index is 12.2. The van der Waals surface area contributed by atoms with Crippen molar-refractivity contribution in [2.45, 2.75) is 40.0 Å². The van der Waals surface area contributed by atoms with Gasteiger partial charge in [0.15, 0.2) is 0 Å². The van der Waals surface area contributed by atoms with Gasteiger partial charge in [-0.2, -0.15) is 0 Å². The van der Waals surface area contributed by atoms with Crippen LogP contribution in [-0.2, 0) is 0 Å². The second-order valence-corrected chi connectivity index (χ2v) is 5.64. The third-order valence-electron chi connectivity index (χ3n) is 3.73. The van der Waals surface area contributed by atoms with Crippen LogP contribution >= 0.6 is 0 Å². The van der Waals surface area contributed by atoms with Gasteiger partial charge in [-0.3, -0.25) is 0 Å². The summed E-state index contributed by atoms with van der Waals surface area (Å²) in [6.07, 6.45) is 1.10. The largest absolute Gasteiger partial charge is 0.423 e. The fourth-order valence-corrected chi connectivity index (χ4v) is 2.36. The molecule has 0 saturated heterocycles. The Morgan fingerprint density at radius 3 is 2.14 bits per heavy atom. The van der Waals surface area contributed by atoms with Gasteiger partial charge >= 0.3 is 5.97 Å². The van der Waals surface area contributed by atoms with Gasteiger partial charge in [0.25, 0.3) is 0 Å². The molecule has 1 unspecified atom stereocenters. The van der Waals surface area contributed by atoms with Crippen LogP contribution in [0.15, 0.2) is 42.5 Å². The van der Waals surface area contributed by atoms with Gasteiger partial charge in [0, 0.05) is 0 Å². The number of ether oxygens (including phenoxy) is 1. The first kappa shape index (κ1) is 15.3. The minimum atomic E-state index is -0.307. The lowest BCUT2D eigenvalue weighted by Gasteiger charge is -2.10. The predicted molar refractivity (Wildman–Crippen MR) is 86.0 cm³/mol. The van der Waals surface area contributed by atoms with Gasteiger partial charge in [-0.15, -0.1) is 0 Å². The highest BCUT2D eigenvalue weighted by molar-refractivity contribution is 5.91. The summed E-state index contributed by atoms with van der Waals surface area (Å²) in [4.78, 5) is 12.2. The van der Waals surface area contributed by atoms with Gasteiger partial charge in [-0.25, -0.2) is 4.79 Å². The molecule has 0 heterocycles. The van der Waals surface area contributed by atoms with E-state index in [1.165, 1.54) is 5.56 Å². The molecule has 0 saturated carbocycles. The van der Waals surface area contributed by atoms with E-state index in [0.717, 1.165) is 17.5 Å². The molecule has 0 aliphatic rings. The monoisotopic (exact) mass is 282 g/mol. The topological polar surface area (TPSA) is 26.3 Å². The molecule has 0 spiro atoms. The van der Waals surface area contributed by atoms with E-state index in [1.807, 2.05) is 56.3 Å². The Kier molecular flexibility index (Phi) is 4.79. The first-order chi connectivity index (χ1) is 9.99. The maximum Gasteiger partial charge on any atom is 0.343 e. The second kappa shape index (κ2) is 6.57. The van der Waals surface area contributed by atoms with Crippen LogP contribution in [0.5, 0.6) is 5.75 Å². The average Bonchev–Trinajstić information content (AvgIpc) is 2.46. The van der Waals surface area contributed by atoms with E-state index in [0.29, 0.717) is 17.2 Å². The molecule has 2 rings (SSSR count). The Hall–Kier alpha value is -2.09. The number of benzene rings is 2. The van der Waals surface area contributed by atoms with Gasteiger partial charge in [-0.05, 0) is 56.0 Å². The highest BCUT2D eigenvalue weighted by atomic mass is 16.5. The van der Waals surface area contributed by atoms with Crippen LogP contribution in [0.25, 0.3) is 0 Å². The summed E-state index contributed by atoms with van der Waals surface area (Å²) in [5, 5.41) is 0. The van der Waals surface area contributed by atoms with Gasteiger partial charge in [-0.1, -0.05) is 43.2 Å². The SMILES string of the molecule is CCC(C)c1ccc(OC(=O)c2cc(C)cc(C)c2)cc1. The molecular formula is C19H22O2. The van der Waals surface area contributed by atoms with Gasteiger partial charge < -0.3 is 4.74 Å². The molecule has 2 nitrogen and oxygen atoms in total.